The monoisotopic (exact) mass is 215 g/mol. The van der Waals surface area contributed by atoms with Gasteiger partial charge in [-0.25, -0.2) is 0 Å². The van der Waals surface area contributed by atoms with Crippen molar-refractivity contribution in [2.75, 3.05) is 0 Å². The summed E-state index contributed by atoms with van der Waals surface area (Å²) in [6.45, 7) is 2.35. The van der Waals surface area contributed by atoms with Gasteiger partial charge in [-0.1, -0.05) is 17.7 Å². The van der Waals surface area contributed by atoms with E-state index in [9.17, 15) is 4.79 Å². The van der Waals surface area contributed by atoms with Gasteiger partial charge in [-0.2, -0.15) is 0 Å². The molecule has 0 atom stereocenters. The Bertz CT molecular complexity index is 319. The minimum absolute atomic E-state index is 0.0768. The zero-order valence-corrected chi connectivity index (χ0v) is 8.78. The summed E-state index contributed by atoms with van der Waals surface area (Å²) in [5.74, 6) is -0.0768. The van der Waals surface area contributed by atoms with Gasteiger partial charge < -0.3 is 5.32 Å². The van der Waals surface area contributed by atoms with E-state index in [1.807, 2.05) is 19.1 Å². The van der Waals surface area contributed by atoms with E-state index in [0.29, 0.717) is 6.54 Å². The Morgan fingerprint density at radius 3 is 3.00 bits per heavy atom. The molecule has 1 aromatic rings. The molecule has 0 saturated heterocycles. The molecule has 0 radical (unpaired) electrons. The predicted octanol–water partition coefficient (Wildman–Crippen LogP) is 2.59. The van der Waals surface area contributed by atoms with Crippen LogP contribution in [-0.4, -0.2) is 5.91 Å². The van der Waals surface area contributed by atoms with Crippen molar-refractivity contribution in [1.82, 2.24) is 5.32 Å². The molecule has 1 N–H and O–H groups in total. The Kier molecular flexibility index (Phi) is 3.99. The molecule has 1 rings (SSSR count). The first-order chi connectivity index (χ1) is 6.22. The van der Waals surface area contributed by atoms with Crippen LogP contribution in [0.15, 0.2) is 24.3 Å². The van der Waals surface area contributed by atoms with Gasteiger partial charge in [0.25, 0.3) is 0 Å². The number of carbonyl (C=O) groups is 1. The lowest BCUT2D eigenvalue weighted by atomic mass is 10.4. The molecular formula is C9H10ClNOS. The molecule has 0 spiro atoms. The molecule has 0 bridgehead atoms. The predicted molar refractivity (Wildman–Crippen MR) is 56.0 cm³/mol. The summed E-state index contributed by atoms with van der Waals surface area (Å²) >= 11 is 7.20. The zero-order valence-electron chi connectivity index (χ0n) is 7.21. The maximum atomic E-state index is 11.0. The van der Waals surface area contributed by atoms with E-state index in [1.165, 1.54) is 17.4 Å². The van der Waals surface area contributed by atoms with E-state index in [1.54, 1.807) is 6.08 Å². The van der Waals surface area contributed by atoms with Gasteiger partial charge in [0.1, 0.15) is 0 Å². The lowest BCUT2D eigenvalue weighted by Gasteiger charge is -1.97. The third-order valence-electron chi connectivity index (χ3n) is 1.38. The molecule has 0 aliphatic heterocycles. The highest BCUT2D eigenvalue weighted by molar-refractivity contribution is 7.16. The summed E-state index contributed by atoms with van der Waals surface area (Å²) in [6, 6.07) is 3.73. The number of rotatable bonds is 3. The van der Waals surface area contributed by atoms with Crippen LogP contribution in [0.3, 0.4) is 0 Å². The number of hydrogen-bond donors (Lipinski definition) is 1. The fraction of sp³-hybridized carbons (Fsp3) is 0.222. The standard InChI is InChI=1S/C9H10ClNOS/c1-2-3-9(12)11-6-7-4-5-8(10)13-7/h2-5H,6H2,1H3,(H,11,12). The zero-order chi connectivity index (χ0) is 9.68. The first kappa shape index (κ1) is 10.3. The second kappa shape index (κ2) is 5.04. The van der Waals surface area contributed by atoms with Crippen molar-refractivity contribution in [2.24, 2.45) is 0 Å². The van der Waals surface area contributed by atoms with Gasteiger partial charge in [-0.3, -0.25) is 4.79 Å². The van der Waals surface area contributed by atoms with Gasteiger partial charge >= 0.3 is 0 Å². The fourth-order valence-electron chi connectivity index (χ4n) is 0.831. The molecule has 1 heterocycles. The van der Waals surface area contributed by atoms with Crippen molar-refractivity contribution in [3.05, 3.63) is 33.5 Å². The summed E-state index contributed by atoms with van der Waals surface area (Å²) in [7, 11) is 0. The Morgan fingerprint density at radius 1 is 1.69 bits per heavy atom. The van der Waals surface area contributed by atoms with Crippen molar-refractivity contribution in [2.45, 2.75) is 13.5 Å². The van der Waals surface area contributed by atoms with Gasteiger partial charge in [0.2, 0.25) is 5.91 Å². The van der Waals surface area contributed by atoms with Crippen LogP contribution in [0.25, 0.3) is 0 Å². The third-order valence-corrected chi connectivity index (χ3v) is 2.61. The third kappa shape index (κ3) is 3.61. The van der Waals surface area contributed by atoms with Crippen molar-refractivity contribution >= 4 is 28.8 Å². The molecule has 0 unspecified atom stereocenters. The smallest absolute Gasteiger partial charge is 0.243 e. The molecule has 70 valence electrons. The molecule has 1 aromatic heterocycles. The second-order valence-electron chi connectivity index (χ2n) is 2.42. The van der Waals surface area contributed by atoms with E-state index in [2.05, 4.69) is 5.32 Å². The van der Waals surface area contributed by atoms with E-state index in [4.69, 9.17) is 11.6 Å². The summed E-state index contributed by atoms with van der Waals surface area (Å²) < 4.78 is 0.746. The van der Waals surface area contributed by atoms with Crippen LogP contribution >= 0.6 is 22.9 Å². The Morgan fingerprint density at radius 2 is 2.46 bits per heavy atom. The molecular weight excluding hydrogens is 206 g/mol. The second-order valence-corrected chi connectivity index (χ2v) is 4.22. The molecule has 0 aliphatic rings. The van der Waals surface area contributed by atoms with Crippen molar-refractivity contribution in [1.29, 1.82) is 0 Å². The summed E-state index contributed by atoms with van der Waals surface area (Å²) in [5.41, 5.74) is 0. The Balaban J connectivity index is 2.39. The average molecular weight is 216 g/mol. The van der Waals surface area contributed by atoms with Crippen molar-refractivity contribution in [3.63, 3.8) is 0 Å². The highest BCUT2D eigenvalue weighted by atomic mass is 35.5. The first-order valence-electron chi connectivity index (χ1n) is 3.87. The number of carbonyl (C=O) groups excluding carboxylic acids is 1. The van der Waals surface area contributed by atoms with Crippen LogP contribution in [0, 0.1) is 0 Å². The molecule has 0 aromatic carbocycles. The van der Waals surface area contributed by atoms with Crippen LogP contribution in [-0.2, 0) is 11.3 Å². The molecule has 1 amide bonds. The average Bonchev–Trinajstić information content (AvgIpc) is 2.49. The van der Waals surface area contributed by atoms with Gasteiger partial charge in [-0.15, -0.1) is 11.3 Å². The van der Waals surface area contributed by atoms with Crippen LogP contribution < -0.4 is 5.32 Å². The molecule has 0 saturated carbocycles. The maximum Gasteiger partial charge on any atom is 0.243 e. The number of amides is 1. The van der Waals surface area contributed by atoms with Crippen molar-refractivity contribution in [3.8, 4) is 0 Å². The highest BCUT2D eigenvalue weighted by Gasteiger charge is 1.98. The first-order valence-corrected chi connectivity index (χ1v) is 5.06. The lowest BCUT2D eigenvalue weighted by molar-refractivity contribution is -0.116. The number of allylic oxidation sites excluding steroid dienone is 1. The van der Waals surface area contributed by atoms with Gasteiger partial charge in [-0.05, 0) is 25.1 Å². The summed E-state index contributed by atoms with van der Waals surface area (Å²) in [4.78, 5) is 12.1. The Labute approximate surface area is 86.2 Å². The quantitative estimate of drug-likeness (QED) is 0.772. The van der Waals surface area contributed by atoms with E-state index < -0.39 is 0 Å². The van der Waals surface area contributed by atoms with Gasteiger partial charge in [0.05, 0.1) is 10.9 Å². The maximum absolute atomic E-state index is 11.0. The molecule has 4 heteroatoms. The normalized spacial score (nSPS) is 10.6. The van der Waals surface area contributed by atoms with E-state index in [-0.39, 0.29) is 5.91 Å². The van der Waals surface area contributed by atoms with Crippen LogP contribution in [0.2, 0.25) is 4.34 Å². The lowest BCUT2D eigenvalue weighted by Crippen LogP contribution is -2.19. The minimum atomic E-state index is -0.0768. The summed E-state index contributed by atoms with van der Waals surface area (Å²) in [5, 5.41) is 2.74. The van der Waals surface area contributed by atoms with Crippen molar-refractivity contribution < 1.29 is 4.79 Å². The van der Waals surface area contributed by atoms with Crippen LogP contribution in [0.4, 0.5) is 0 Å². The van der Waals surface area contributed by atoms with E-state index >= 15 is 0 Å². The number of thiophene rings is 1. The largest absolute Gasteiger partial charge is 0.348 e. The number of nitrogens with one attached hydrogen (secondary N) is 1. The molecule has 2 nitrogen and oxygen atoms in total. The minimum Gasteiger partial charge on any atom is -0.348 e. The molecule has 0 aliphatic carbocycles. The Hall–Kier alpha value is -0.800. The molecule has 13 heavy (non-hydrogen) atoms. The topological polar surface area (TPSA) is 29.1 Å². The fourth-order valence-corrected chi connectivity index (χ4v) is 1.86. The SMILES string of the molecule is CC=CC(=O)NCc1ccc(Cl)s1. The van der Waals surface area contributed by atoms with Crippen LogP contribution in [0.5, 0.6) is 0 Å². The number of hydrogen-bond acceptors (Lipinski definition) is 2. The number of halogens is 1. The van der Waals surface area contributed by atoms with Crippen LogP contribution in [0.1, 0.15) is 11.8 Å². The van der Waals surface area contributed by atoms with Gasteiger partial charge in [0.15, 0.2) is 0 Å². The highest BCUT2D eigenvalue weighted by Crippen LogP contribution is 2.20. The van der Waals surface area contributed by atoms with E-state index in [0.717, 1.165) is 9.21 Å². The van der Waals surface area contributed by atoms with Gasteiger partial charge in [0, 0.05) is 4.88 Å². The summed E-state index contributed by atoms with van der Waals surface area (Å²) in [6.07, 6.45) is 3.20. The molecule has 0 fully saturated rings.